The third-order valence-electron chi connectivity index (χ3n) is 6.05. The van der Waals surface area contributed by atoms with Crippen LogP contribution in [-0.4, -0.2) is 38.3 Å². The Morgan fingerprint density at radius 3 is 2.97 bits per heavy atom. The topological polar surface area (TPSA) is 97.1 Å². The minimum atomic E-state index is -0.753. The number of nitrogens with one attached hydrogen (secondary N) is 1. The summed E-state index contributed by atoms with van der Waals surface area (Å²) in [5, 5.41) is 0.812. The lowest BCUT2D eigenvalue weighted by atomic mass is 10.00. The van der Waals surface area contributed by atoms with Crippen molar-refractivity contribution in [2.24, 2.45) is 5.73 Å². The van der Waals surface area contributed by atoms with Gasteiger partial charge in [0.15, 0.2) is 11.6 Å². The van der Waals surface area contributed by atoms with E-state index in [1.807, 2.05) is 19.2 Å². The number of halogens is 1. The predicted molar refractivity (Wildman–Crippen MR) is 122 cm³/mol. The fraction of sp³-hybridized carbons (Fsp3) is 0.240. The van der Waals surface area contributed by atoms with E-state index in [2.05, 4.69) is 15.0 Å². The number of hydrogen-bond acceptors (Lipinski definition) is 5. The number of carbonyl (C=O) groups excluding carboxylic acids is 1. The van der Waals surface area contributed by atoms with Crippen LogP contribution in [0.1, 0.15) is 22.3 Å². The summed E-state index contributed by atoms with van der Waals surface area (Å²) in [6.07, 6.45) is 8.02. The highest BCUT2D eigenvalue weighted by molar-refractivity contribution is 5.86. The van der Waals surface area contributed by atoms with Crippen LogP contribution in [0.4, 0.5) is 4.39 Å². The van der Waals surface area contributed by atoms with Crippen molar-refractivity contribution in [1.29, 1.82) is 0 Å². The second-order valence-corrected chi connectivity index (χ2v) is 8.34. The largest absolute Gasteiger partial charge is 0.453 e. The van der Waals surface area contributed by atoms with Crippen LogP contribution >= 0.6 is 0 Å². The predicted octanol–water partition coefficient (Wildman–Crippen LogP) is 3.65. The van der Waals surface area contributed by atoms with Gasteiger partial charge in [-0.25, -0.2) is 9.37 Å². The number of rotatable bonds is 5. The Kier molecular flexibility index (Phi) is 5.51. The lowest BCUT2D eigenvalue weighted by molar-refractivity contribution is -0.133. The molecule has 1 unspecified atom stereocenters. The summed E-state index contributed by atoms with van der Waals surface area (Å²) in [7, 11) is 0. The quantitative estimate of drug-likeness (QED) is 0.489. The molecule has 1 aromatic carbocycles. The van der Waals surface area contributed by atoms with Gasteiger partial charge in [0.1, 0.15) is 11.4 Å². The lowest BCUT2D eigenvalue weighted by Crippen LogP contribution is -2.46. The van der Waals surface area contributed by atoms with Gasteiger partial charge in [0.05, 0.1) is 11.4 Å². The molecule has 0 bridgehead atoms. The highest BCUT2D eigenvalue weighted by Gasteiger charge is 2.25. The van der Waals surface area contributed by atoms with E-state index in [0.29, 0.717) is 30.0 Å². The molecule has 168 valence electrons. The van der Waals surface area contributed by atoms with Crippen molar-refractivity contribution in [3.8, 4) is 11.5 Å². The first-order valence-electron chi connectivity index (χ1n) is 10.8. The van der Waals surface area contributed by atoms with Crippen LogP contribution in [0.15, 0.2) is 55.1 Å². The van der Waals surface area contributed by atoms with Crippen LogP contribution in [0, 0.1) is 12.7 Å². The number of aryl methyl sites for hydroxylation is 1. The summed E-state index contributed by atoms with van der Waals surface area (Å²) >= 11 is 0. The van der Waals surface area contributed by atoms with Gasteiger partial charge in [-0.1, -0.05) is 6.07 Å². The summed E-state index contributed by atoms with van der Waals surface area (Å²) in [5.41, 5.74) is 10.7. The van der Waals surface area contributed by atoms with Gasteiger partial charge in [0.25, 0.3) is 0 Å². The number of amides is 1. The molecular formula is C25H24FN5O2. The first-order valence-corrected chi connectivity index (χ1v) is 10.8. The third-order valence-corrected chi connectivity index (χ3v) is 6.05. The maximum Gasteiger partial charge on any atom is 0.240 e. The molecule has 0 saturated carbocycles. The van der Waals surface area contributed by atoms with Crippen LogP contribution in [0.25, 0.3) is 11.0 Å². The number of aromatic nitrogens is 3. The van der Waals surface area contributed by atoms with Crippen molar-refractivity contribution < 1.29 is 13.9 Å². The highest BCUT2D eigenvalue weighted by atomic mass is 19.1. The minimum Gasteiger partial charge on any atom is -0.453 e. The Balaban J connectivity index is 1.27. The average Bonchev–Trinajstić information content (AvgIpc) is 3.21. The number of hydrogen-bond donors (Lipinski definition) is 2. The fourth-order valence-electron chi connectivity index (χ4n) is 4.29. The van der Waals surface area contributed by atoms with Gasteiger partial charge in [-0.05, 0) is 66.3 Å². The fourth-order valence-corrected chi connectivity index (χ4v) is 4.29. The highest BCUT2D eigenvalue weighted by Crippen LogP contribution is 2.32. The molecule has 4 heterocycles. The number of benzene rings is 1. The number of carbonyl (C=O) groups is 1. The van der Waals surface area contributed by atoms with Crippen molar-refractivity contribution in [3.05, 3.63) is 83.2 Å². The molecule has 0 aliphatic carbocycles. The summed E-state index contributed by atoms with van der Waals surface area (Å²) in [6, 6.07) is 7.62. The first kappa shape index (κ1) is 21.1. The van der Waals surface area contributed by atoms with Gasteiger partial charge in [0.2, 0.25) is 5.91 Å². The molecule has 1 amide bonds. The minimum absolute atomic E-state index is 0.104. The molecule has 3 N–H and O–H groups in total. The van der Waals surface area contributed by atoms with E-state index < -0.39 is 11.9 Å². The molecule has 0 radical (unpaired) electrons. The van der Waals surface area contributed by atoms with Crippen molar-refractivity contribution >= 4 is 16.9 Å². The van der Waals surface area contributed by atoms with Gasteiger partial charge in [-0.15, -0.1) is 0 Å². The second-order valence-electron chi connectivity index (χ2n) is 8.34. The number of nitrogens with zero attached hydrogens (tertiary/aromatic N) is 3. The van der Waals surface area contributed by atoms with Gasteiger partial charge in [-0.3, -0.25) is 9.78 Å². The number of nitrogens with two attached hydrogens (primary N) is 1. The zero-order valence-corrected chi connectivity index (χ0v) is 18.2. The molecule has 3 aromatic heterocycles. The molecule has 1 aliphatic heterocycles. The van der Waals surface area contributed by atoms with E-state index in [1.54, 1.807) is 41.7 Å². The normalized spacial score (nSPS) is 14.2. The number of fused-ring (bicyclic) bond motifs is 2. The summed E-state index contributed by atoms with van der Waals surface area (Å²) in [4.78, 5) is 26.1. The van der Waals surface area contributed by atoms with E-state index in [4.69, 9.17) is 10.5 Å². The smallest absolute Gasteiger partial charge is 0.240 e. The summed E-state index contributed by atoms with van der Waals surface area (Å²) in [5.74, 6) is -0.0281. The van der Waals surface area contributed by atoms with Crippen LogP contribution in [-0.2, 0) is 24.2 Å². The SMILES string of the molecule is Cc1c[nH]c2nccc(Oc3ccc(CC(N)C(=O)N4CCc5ccncc5C4)cc3F)c12. The molecule has 0 saturated heterocycles. The molecular weight excluding hydrogens is 421 g/mol. The maximum absolute atomic E-state index is 14.8. The second kappa shape index (κ2) is 8.63. The molecule has 1 aliphatic rings. The molecule has 8 heteroatoms. The van der Waals surface area contributed by atoms with E-state index in [9.17, 15) is 9.18 Å². The molecule has 1 atom stereocenters. The Hall–Kier alpha value is -3.78. The number of H-pyrrole nitrogens is 1. The standard InChI is InChI=1S/C25H24FN5O2/c1-15-12-30-24-23(15)22(5-8-29-24)33-21-3-2-16(10-19(21)26)11-20(27)25(32)31-9-6-17-4-7-28-13-18(17)14-31/h2-5,7-8,10,12-13,20H,6,9,11,14,27H2,1H3,(H,29,30). The maximum atomic E-state index is 14.8. The molecule has 33 heavy (non-hydrogen) atoms. The molecule has 4 aromatic rings. The third kappa shape index (κ3) is 4.17. The van der Waals surface area contributed by atoms with Gasteiger partial charge < -0.3 is 20.4 Å². The summed E-state index contributed by atoms with van der Waals surface area (Å²) < 4.78 is 20.7. The van der Waals surface area contributed by atoms with Gasteiger partial charge in [-0.2, -0.15) is 0 Å². The van der Waals surface area contributed by atoms with Crippen LogP contribution in [0.5, 0.6) is 11.5 Å². The number of ether oxygens (including phenoxy) is 1. The zero-order chi connectivity index (χ0) is 22.9. The van der Waals surface area contributed by atoms with Gasteiger partial charge >= 0.3 is 0 Å². The lowest BCUT2D eigenvalue weighted by Gasteiger charge is -2.30. The summed E-state index contributed by atoms with van der Waals surface area (Å²) in [6.45, 7) is 3.04. The van der Waals surface area contributed by atoms with Crippen molar-refractivity contribution in [2.75, 3.05) is 6.54 Å². The van der Waals surface area contributed by atoms with Crippen LogP contribution in [0.3, 0.4) is 0 Å². The van der Waals surface area contributed by atoms with Crippen molar-refractivity contribution in [2.45, 2.75) is 32.4 Å². The van der Waals surface area contributed by atoms with Crippen LogP contribution in [0.2, 0.25) is 0 Å². The molecule has 0 fully saturated rings. The molecule has 5 rings (SSSR count). The number of aromatic amines is 1. The van der Waals surface area contributed by atoms with Crippen LogP contribution < -0.4 is 10.5 Å². The Morgan fingerprint density at radius 2 is 2.12 bits per heavy atom. The Morgan fingerprint density at radius 1 is 1.24 bits per heavy atom. The van der Waals surface area contributed by atoms with E-state index in [1.165, 1.54) is 11.6 Å². The Labute approximate surface area is 190 Å². The molecule has 0 spiro atoms. The monoisotopic (exact) mass is 445 g/mol. The van der Waals surface area contributed by atoms with Crippen molar-refractivity contribution in [1.82, 2.24) is 19.9 Å². The van der Waals surface area contributed by atoms with E-state index in [0.717, 1.165) is 22.9 Å². The molecule has 7 nitrogen and oxygen atoms in total. The zero-order valence-electron chi connectivity index (χ0n) is 18.2. The Bertz CT molecular complexity index is 1340. The number of pyridine rings is 2. The average molecular weight is 445 g/mol. The van der Waals surface area contributed by atoms with E-state index in [-0.39, 0.29) is 18.1 Å². The van der Waals surface area contributed by atoms with Gasteiger partial charge in [0, 0.05) is 37.9 Å². The van der Waals surface area contributed by atoms with Crippen molar-refractivity contribution in [3.63, 3.8) is 0 Å². The van der Waals surface area contributed by atoms with E-state index >= 15 is 0 Å². The first-order chi connectivity index (χ1) is 16.0.